The molecule has 25 heavy (non-hydrogen) atoms. The molecule has 1 saturated heterocycles. The van der Waals surface area contributed by atoms with Gasteiger partial charge in [0.05, 0.1) is 5.52 Å². The lowest BCUT2D eigenvalue weighted by Gasteiger charge is -2.16. The lowest BCUT2D eigenvalue weighted by atomic mass is 9.72. The predicted octanol–water partition coefficient (Wildman–Crippen LogP) is 2.49. The second-order valence-electron chi connectivity index (χ2n) is 6.15. The molecule has 1 radical (unpaired) electrons. The summed E-state index contributed by atoms with van der Waals surface area (Å²) in [7, 11) is 2.06. The van der Waals surface area contributed by atoms with Gasteiger partial charge in [0, 0.05) is 29.9 Å². The molecule has 3 aromatic rings. The van der Waals surface area contributed by atoms with Crippen LogP contribution in [-0.2, 0) is 0 Å². The van der Waals surface area contributed by atoms with Gasteiger partial charge in [-0.1, -0.05) is 31.1 Å². The first-order valence-corrected chi connectivity index (χ1v) is 8.61. The van der Waals surface area contributed by atoms with E-state index in [-0.39, 0.29) is 6.10 Å². The summed E-state index contributed by atoms with van der Waals surface area (Å²) < 4.78 is 6.19. The van der Waals surface area contributed by atoms with Crippen LogP contribution in [0.1, 0.15) is 6.42 Å². The van der Waals surface area contributed by atoms with Gasteiger partial charge in [0.15, 0.2) is 7.28 Å². The van der Waals surface area contributed by atoms with E-state index in [1.165, 1.54) is 0 Å². The molecule has 1 aliphatic rings. The van der Waals surface area contributed by atoms with Crippen molar-refractivity contribution in [2.45, 2.75) is 19.3 Å². The Morgan fingerprint density at radius 2 is 2.12 bits per heavy atom. The minimum Gasteiger partial charge on any atom is -0.490 e. The van der Waals surface area contributed by atoms with E-state index in [0.717, 1.165) is 47.3 Å². The van der Waals surface area contributed by atoms with E-state index < -0.39 is 0 Å². The number of anilines is 2. The van der Waals surface area contributed by atoms with Crippen LogP contribution in [0.5, 0.6) is 5.75 Å². The Balaban J connectivity index is 1.65. The Hall–Kier alpha value is -2.60. The number of fused-ring (bicyclic) bond motifs is 1. The summed E-state index contributed by atoms with van der Waals surface area (Å²) in [6.07, 6.45) is 3.10. The molecule has 125 valence electrons. The Labute approximate surface area is 148 Å². The van der Waals surface area contributed by atoms with Crippen LogP contribution in [0.3, 0.4) is 0 Å². The smallest absolute Gasteiger partial charge is 0.227 e. The van der Waals surface area contributed by atoms with Gasteiger partial charge in [-0.25, -0.2) is 9.97 Å². The van der Waals surface area contributed by atoms with E-state index >= 15 is 0 Å². The standard InChI is InChI=1S/C19H20BN4O/c1-20-16-9-13-11-22-19(23-14-5-3-2-4-6-14)24-17(13)10-18(16)25-15-7-8-21-12-15/h2-6,9-11,15,21H,7-8,12H2,1H3,(H,22,23,24)/t15-/m1/s1. The van der Waals surface area contributed by atoms with Crippen molar-refractivity contribution in [2.75, 3.05) is 18.4 Å². The van der Waals surface area contributed by atoms with Crippen molar-refractivity contribution < 1.29 is 4.74 Å². The van der Waals surface area contributed by atoms with Crippen LogP contribution in [0.4, 0.5) is 11.6 Å². The zero-order chi connectivity index (χ0) is 17.1. The van der Waals surface area contributed by atoms with Gasteiger partial charge in [0.25, 0.3) is 0 Å². The lowest BCUT2D eigenvalue weighted by Crippen LogP contribution is -2.24. The molecule has 2 heterocycles. The average Bonchev–Trinajstić information content (AvgIpc) is 3.15. The summed E-state index contributed by atoms with van der Waals surface area (Å²) in [5.41, 5.74) is 2.92. The fraction of sp³-hybridized carbons (Fsp3) is 0.263. The highest BCUT2D eigenvalue weighted by atomic mass is 16.5. The molecule has 1 aliphatic heterocycles. The molecule has 2 N–H and O–H groups in total. The summed E-state index contributed by atoms with van der Waals surface area (Å²) in [4.78, 5) is 9.07. The molecule has 6 heteroatoms. The maximum Gasteiger partial charge on any atom is 0.227 e. The maximum absolute atomic E-state index is 6.19. The summed E-state index contributed by atoms with van der Waals surface area (Å²) in [5, 5.41) is 7.57. The van der Waals surface area contributed by atoms with E-state index in [1.54, 1.807) is 0 Å². The monoisotopic (exact) mass is 331 g/mol. The molecule has 0 bridgehead atoms. The van der Waals surface area contributed by atoms with Gasteiger partial charge in [0.2, 0.25) is 5.95 Å². The molecule has 0 spiro atoms. The molecule has 0 unspecified atom stereocenters. The van der Waals surface area contributed by atoms with Gasteiger partial charge < -0.3 is 15.4 Å². The van der Waals surface area contributed by atoms with Crippen molar-refractivity contribution in [1.29, 1.82) is 0 Å². The topological polar surface area (TPSA) is 59.1 Å². The number of nitrogens with zero attached hydrogens (tertiary/aromatic N) is 2. The van der Waals surface area contributed by atoms with Crippen LogP contribution in [0.25, 0.3) is 10.9 Å². The molecule has 0 amide bonds. The van der Waals surface area contributed by atoms with Crippen LogP contribution >= 0.6 is 0 Å². The minimum absolute atomic E-state index is 0.222. The molecule has 0 aliphatic carbocycles. The van der Waals surface area contributed by atoms with Crippen molar-refractivity contribution in [2.24, 2.45) is 0 Å². The van der Waals surface area contributed by atoms with Crippen molar-refractivity contribution in [3.63, 3.8) is 0 Å². The van der Waals surface area contributed by atoms with E-state index in [0.29, 0.717) is 5.95 Å². The molecular weight excluding hydrogens is 311 g/mol. The van der Waals surface area contributed by atoms with Crippen LogP contribution in [0.2, 0.25) is 6.82 Å². The third-order valence-electron chi connectivity index (χ3n) is 4.36. The largest absolute Gasteiger partial charge is 0.490 e. The fourth-order valence-corrected chi connectivity index (χ4v) is 3.02. The molecule has 4 rings (SSSR count). The second kappa shape index (κ2) is 7.11. The second-order valence-corrected chi connectivity index (χ2v) is 6.15. The number of hydrogen-bond donors (Lipinski definition) is 2. The highest BCUT2D eigenvalue weighted by Gasteiger charge is 2.18. The number of aromatic nitrogens is 2. The molecule has 2 aromatic carbocycles. The zero-order valence-corrected chi connectivity index (χ0v) is 14.2. The number of ether oxygens (including phenoxy) is 1. The van der Waals surface area contributed by atoms with Crippen LogP contribution < -0.4 is 20.8 Å². The molecular formula is C19H20BN4O. The lowest BCUT2D eigenvalue weighted by molar-refractivity contribution is 0.225. The molecule has 1 fully saturated rings. The Bertz CT molecular complexity index is 866. The first-order valence-electron chi connectivity index (χ1n) is 8.61. The van der Waals surface area contributed by atoms with Gasteiger partial charge in [-0.3, -0.25) is 0 Å². The molecule has 1 atom stereocenters. The summed E-state index contributed by atoms with van der Waals surface area (Å²) >= 11 is 0. The van der Waals surface area contributed by atoms with Gasteiger partial charge in [-0.15, -0.1) is 0 Å². The van der Waals surface area contributed by atoms with Crippen LogP contribution in [-0.4, -0.2) is 36.4 Å². The first-order chi connectivity index (χ1) is 12.3. The number of nitrogens with one attached hydrogen (secondary N) is 2. The SMILES string of the molecule is C[B]c1cc2cnc(Nc3ccccc3)nc2cc1O[C@@H]1CCNC1. The molecule has 5 nitrogen and oxygen atoms in total. The van der Waals surface area contributed by atoms with E-state index in [4.69, 9.17) is 4.74 Å². The quantitative estimate of drug-likeness (QED) is 0.704. The van der Waals surface area contributed by atoms with E-state index in [1.807, 2.05) is 49.4 Å². The third-order valence-corrected chi connectivity index (χ3v) is 4.36. The predicted molar refractivity (Wildman–Crippen MR) is 102 cm³/mol. The third kappa shape index (κ3) is 3.59. The van der Waals surface area contributed by atoms with Crippen molar-refractivity contribution in [1.82, 2.24) is 15.3 Å². The van der Waals surface area contributed by atoms with Crippen LogP contribution in [0.15, 0.2) is 48.7 Å². The highest BCUT2D eigenvalue weighted by Crippen LogP contribution is 2.21. The van der Waals surface area contributed by atoms with Crippen LogP contribution in [0, 0.1) is 0 Å². The van der Waals surface area contributed by atoms with Crippen molar-refractivity contribution in [3.8, 4) is 5.75 Å². The normalized spacial score (nSPS) is 16.8. The van der Waals surface area contributed by atoms with Gasteiger partial charge in [0.1, 0.15) is 11.9 Å². The molecule has 0 saturated carbocycles. The Morgan fingerprint density at radius 3 is 2.88 bits per heavy atom. The first kappa shape index (κ1) is 15.9. The number of hydrogen-bond acceptors (Lipinski definition) is 5. The van der Waals surface area contributed by atoms with E-state index in [9.17, 15) is 0 Å². The van der Waals surface area contributed by atoms with Gasteiger partial charge in [-0.2, -0.15) is 0 Å². The fourth-order valence-electron chi connectivity index (χ4n) is 3.02. The van der Waals surface area contributed by atoms with Crippen molar-refractivity contribution >= 4 is 35.3 Å². The average molecular weight is 331 g/mol. The molecule has 1 aromatic heterocycles. The number of para-hydroxylation sites is 1. The minimum atomic E-state index is 0.222. The summed E-state index contributed by atoms with van der Waals surface area (Å²) in [6.45, 7) is 3.93. The van der Waals surface area contributed by atoms with Gasteiger partial charge >= 0.3 is 0 Å². The van der Waals surface area contributed by atoms with E-state index in [2.05, 4.69) is 33.9 Å². The number of rotatable bonds is 5. The Kier molecular flexibility index (Phi) is 4.52. The van der Waals surface area contributed by atoms with Crippen molar-refractivity contribution in [3.05, 3.63) is 48.7 Å². The maximum atomic E-state index is 6.19. The Morgan fingerprint density at radius 1 is 1.24 bits per heavy atom. The zero-order valence-electron chi connectivity index (χ0n) is 14.2. The number of benzene rings is 2. The van der Waals surface area contributed by atoms with Gasteiger partial charge in [-0.05, 0) is 30.6 Å². The summed E-state index contributed by atoms with van der Waals surface area (Å²) in [6, 6.07) is 14.0. The highest BCUT2D eigenvalue weighted by molar-refractivity contribution is 6.53. The summed E-state index contributed by atoms with van der Waals surface area (Å²) in [5.74, 6) is 1.47.